The normalized spacial score (nSPS) is 20.5. The predicted molar refractivity (Wildman–Crippen MR) is 147 cm³/mol. The molecular weight excluding hydrogens is 530 g/mol. The monoisotopic (exact) mass is 566 g/mol. The second-order valence-corrected chi connectivity index (χ2v) is 11.8. The summed E-state index contributed by atoms with van der Waals surface area (Å²) in [5, 5.41) is 3.10. The number of H-pyrrole nitrogens is 1. The van der Waals surface area contributed by atoms with Crippen molar-refractivity contribution in [2.75, 3.05) is 6.61 Å². The van der Waals surface area contributed by atoms with E-state index in [1.807, 2.05) is 30.3 Å². The van der Waals surface area contributed by atoms with Crippen LogP contribution in [0.2, 0.25) is 0 Å². The highest BCUT2D eigenvalue weighted by molar-refractivity contribution is 5.84. The molecule has 3 fully saturated rings. The first-order valence-electron chi connectivity index (χ1n) is 14.7. The number of alkyl halides is 2. The maximum Gasteiger partial charge on any atom is 0.408 e. The van der Waals surface area contributed by atoms with Gasteiger partial charge in [-0.3, -0.25) is 4.79 Å². The molecule has 41 heavy (non-hydrogen) atoms. The summed E-state index contributed by atoms with van der Waals surface area (Å²) >= 11 is 0. The molecule has 3 aliphatic rings. The number of amides is 1. The number of fused-ring (bicyclic) bond motifs is 1. The summed E-state index contributed by atoms with van der Waals surface area (Å²) in [6.45, 7) is 2.02. The lowest BCUT2D eigenvalue weighted by Gasteiger charge is -2.37. The standard InChI is InChI=1S/C31H36F2N4O4/c1-2-40-28(38)30(14-16-31(32,33)17-15-30)23-13-12-22-26(35-23)37-27(34-22)25(24(20-8-9-20)21-10-11-21)36-29(39)41-18-19-6-4-3-5-7-19/h3-7,12-13,20-21,24-25H,2,8-11,14-18H2,1H3,(H,36,39)(H,34,35,37). The molecule has 1 amide bonds. The first-order valence-corrected chi connectivity index (χ1v) is 14.7. The van der Waals surface area contributed by atoms with E-state index in [1.54, 1.807) is 19.1 Å². The van der Waals surface area contributed by atoms with Crippen molar-refractivity contribution in [3.05, 3.63) is 59.5 Å². The van der Waals surface area contributed by atoms with Crippen LogP contribution >= 0.6 is 0 Å². The predicted octanol–water partition coefficient (Wildman–Crippen LogP) is 6.37. The SMILES string of the molecule is CCOC(=O)C1(c2ccc3[nH]c(C(NC(=O)OCc4ccccc4)C(C4CC4)C4CC4)nc3n2)CCC(F)(F)CC1. The summed E-state index contributed by atoms with van der Waals surface area (Å²) in [6, 6.07) is 12.6. The van der Waals surface area contributed by atoms with Gasteiger partial charge in [0.15, 0.2) is 5.65 Å². The molecule has 10 heteroatoms. The Kier molecular flexibility index (Phi) is 7.42. The highest BCUT2D eigenvalue weighted by atomic mass is 19.3. The van der Waals surface area contributed by atoms with Crippen molar-refractivity contribution in [2.45, 2.75) is 82.3 Å². The van der Waals surface area contributed by atoms with Gasteiger partial charge in [-0.2, -0.15) is 0 Å². The highest BCUT2D eigenvalue weighted by Gasteiger charge is 2.51. The Morgan fingerprint density at radius 3 is 2.29 bits per heavy atom. The average Bonchev–Trinajstić information content (AvgIpc) is 3.91. The van der Waals surface area contributed by atoms with Crippen LogP contribution in [0.15, 0.2) is 42.5 Å². The van der Waals surface area contributed by atoms with Crippen LogP contribution in [0.1, 0.15) is 81.4 Å². The number of rotatable bonds is 10. The molecule has 0 bridgehead atoms. The van der Waals surface area contributed by atoms with Crippen LogP contribution in [-0.4, -0.2) is 39.5 Å². The third-order valence-electron chi connectivity index (χ3n) is 8.85. The number of benzene rings is 1. The Bertz CT molecular complexity index is 1380. The van der Waals surface area contributed by atoms with Crippen LogP contribution in [0.5, 0.6) is 0 Å². The number of carbonyl (C=O) groups excluding carboxylic acids is 2. The molecule has 3 saturated carbocycles. The van der Waals surface area contributed by atoms with Gasteiger partial charge in [-0.25, -0.2) is 23.5 Å². The number of hydrogen-bond acceptors (Lipinski definition) is 6. The van der Waals surface area contributed by atoms with Crippen LogP contribution in [0.25, 0.3) is 11.2 Å². The fourth-order valence-electron chi connectivity index (χ4n) is 6.33. The van der Waals surface area contributed by atoms with E-state index in [9.17, 15) is 18.4 Å². The number of pyridine rings is 1. The van der Waals surface area contributed by atoms with Gasteiger partial charge < -0.3 is 19.8 Å². The van der Waals surface area contributed by atoms with E-state index in [1.165, 1.54) is 0 Å². The highest BCUT2D eigenvalue weighted by Crippen LogP contribution is 2.54. The van der Waals surface area contributed by atoms with Crippen LogP contribution in [-0.2, 0) is 26.3 Å². The molecule has 0 saturated heterocycles. The number of ether oxygens (including phenoxy) is 2. The number of esters is 1. The second kappa shape index (κ2) is 11.0. The third kappa shape index (κ3) is 5.92. The number of carbonyl (C=O) groups is 2. The molecule has 2 heterocycles. The van der Waals surface area contributed by atoms with Crippen molar-refractivity contribution in [1.29, 1.82) is 0 Å². The molecule has 2 aromatic heterocycles. The van der Waals surface area contributed by atoms with Gasteiger partial charge in [0.25, 0.3) is 0 Å². The molecule has 3 aromatic rings. The van der Waals surface area contributed by atoms with Crippen LogP contribution in [0, 0.1) is 17.8 Å². The zero-order valence-corrected chi connectivity index (χ0v) is 23.2. The zero-order valence-electron chi connectivity index (χ0n) is 23.2. The molecule has 6 rings (SSSR count). The van der Waals surface area contributed by atoms with Gasteiger partial charge in [-0.1, -0.05) is 30.3 Å². The Morgan fingerprint density at radius 2 is 1.66 bits per heavy atom. The second-order valence-electron chi connectivity index (χ2n) is 11.8. The number of alkyl carbamates (subject to hydrolysis) is 1. The topological polar surface area (TPSA) is 106 Å². The van der Waals surface area contributed by atoms with Gasteiger partial charge >= 0.3 is 12.1 Å². The lowest BCUT2D eigenvalue weighted by atomic mass is 9.70. The minimum atomic E-state index is -2.81. The number of halogens is 2. The number of nitrogens with one attached hydrogen (secondary N) is 2. The molecular formula is C31H36F2N4O4. The maximum atomic E-state index is 14.1. The molecule has 1 unspecified atom stereocenters. The van der Waals surface area contributed by atoms with E-state index >= 15 is 0 Å². The molecule has 0 radical (unpaired) electrons. The van der Waals surface area contributed by atoms with Gasteiger partial charge in [0.2, 0.25) is 5.92 Å². The first kappa shape index (κ1) is 27.6. The van der Waals surface area contributed by atoms with E-state index in [0.717, 1.165) is 31.2 Å². The molecule has 2 N–H and O–H groups in total. The minimum absolute atomic E-state index is 0.0442. The van der Waals surface area contributed by atoms with Crippen molar-refractivity contribution in [2.24, 2.45) is 17.8 Å². The average molecular weight is 567 g/mol. The van der Waals surface area contributed by atoms with Gasteiger partial charge in [0, 0.05) is 12.8 Å². The van der Waals surface area contributed by atoms with Gasteiger partial charge in [0.05, 0.1) is 23.9 Å². The smallest absolute Gasteiger partial charge is 0.408 e. The summed E-state index contributed by atoms with van der Waals surface area (Å²) in [5.41, 5.74) is 1.09. The van der Waals surface area contributed by atoms with Crippen molar-refractivity contribution < 1.29 is 27.8 Å². The fourth-order valence-corrected chi connectivity index (χ4v) is 6.33. The van der Waals surface area contributed by atoms with Gasteiger partial charge in [-0.05, 0) is 80.9 Å². The van der Waals surface area contributed by atoms with E-state index in [0.29, 0.717) is 34.5 Å². The summed E-state index contributed by atoms with van der Waals surface area (Å²) in [6.07, 6.45) is 3.07. The molecule has 0 spiro atoms. The molecule has 1 atom stereocenters. The lowest BCUT2D eigenvalue weighted by Crippen LogP contribution is -2.44. The van der Waals surface area contributed by atoms with E-state index in [2.05, 4.69) is 10.3 Å². The number of aromatic nitrogens is 3. The maximum absolute atomic E-state index is 14.1. The summed E-state index contributed by atoms with van der Waals surface area (Å²) < 4.78 is 39.1. The Balaban J connectivity index is 1.29. The molecule has 0 aliphatic heterocycles. The van der Waals surface area contributed by atoms with Crippen molar-refractivity contribution >= 4 is 23.2 Å². The van der Waals surface area contributed by atoms with Crippen molar-refractivity contribution in [3.63, 3.8) is 0 Å². The number of hydrogen-bond donors (Lipinski definition) is 2. The van der Waals surface area contributed by atoms with Crippen molar-refractivity contribution in [3.8, 4) is 0 Å². The zero-order chi connectivity index (χ0) is 28.6. The minimum Gasteiger partial charge on any atom is -0.465 e. The molecule has 1 aromatic carbocycles. The van der Waals surface area contributed by atoms with Gasteiger partial charge in [0.1, 0.15) is 17.8 Å². The third-order valence-corrected chi connectivity index (χ3v) is 8.85. The van der Waals surface area contributed by atoms with E-state index < -0.39 is 36.2 Å². The lowest BCUT2D eigenvalue weighted by molar-refractivity contribution is -0.155. The summed E-state index contributed by atoms with van der Waals surface area (Å²) in [7, 11) is 0. The largest absolute Gasteiger partial charge is 0.465 e. The molecule has 3 aliphatic carbocycles. The van der Waals surface area contributed by atoms with Crippen LogP contribution in [0.3, 0.4) is 0 Å². The Labute approximate surface area is 237 Å². The summed E-state index contributed by atoms with van der Waals surface area (Å²) in [4.78, 5) is 39.0. The Hall–Kier alpha value is -3.56. The van der Waals surface area contributed by atoms with Gasteiger partial charge in [-0.15, -0.1) is 0 Å². The number of aromatic amines is 1. The number of nitrogens with zero attached hydrogens (tertiary/aromatic N) is 2. The molecule has 8 nitrogen and oxygen atoms in total. The van der Waals surface area contributed by atoms with Crippen LogP contribution in [0.4, 0.5) is 13.6 Å². The fraction of sp³-hybridized carbons (Fsp3) is 0.548. The summed E-state index contributed by atoms with van der Waals surface area (Å²) in [5.74, 6) is -1.50. The number of imidazole rings is 1. The van der Waals surface area contributed by atoms with Crippen LogP contribution < -0.4 is 5.32 Å². The molecule has 218 valence electrons. The first-order chi connectivity index (χ1) is 19.8. The Morgan fingerprint density at radius 1 is 0.976 bits per heavy atom. The van der Waals surface area contributed by atoms with Crippen molar-refractivity contribution in [1.82, 2.24) is 20.3 Å². The van der Waals surface area contributed by atoms with E-state index in [4.69, 9.17) is 19.4 Å². The van der Waals surface area contributed by atoms with E-state index in [-0.39, 0.29) is 38.0 Å². The quantitative estimate of drug-likeness (QED) is 0.276.